The van der Waals surface area contributed by atoms with E-state index in [9.17, 15) is 35.6 Å². The lowest BCUT2D eigenvalue weighted by atomic mass is 9.92. The largest absolute Gasteiger partial charge is 0.395 e. The summed E-state index contributed by atoms with van der Waals surface area (Å²) in [4.78, 5) is 11.4. The fourth-order valence-corrected chi connectivity index (χ4v) is 2.60. The van der Waals surface area contributed by atoms with Gasteiger partial charge in [-0.25, -0.2) is 0 Å². The maximum Gasteiger partial charge on any atom is 0.269 e. The van der Waals surface area contributed by atoms with Crippen LogP contribution in [0, 0.1) is 10.1 Å². The lowest BCUT2D eigenvalue weighted by Crippen LogP contribution is -2.66. The van der Waals surface area contributed by atoms with E-state index in [1.807, 2.05) is 0 Å². The summed E-state index contributed by atoms with van der Waals surface area (Å²) >= 11 is 0. The Balaban J connectivity index is 2.25. The van der Waals surface area contributed by atoms with Crippen LogP contribution in [0.4, 0.5) is 5.69 Å². The fourth-order valence-electron chi connectivity index (χ4n) is 2.60. The van der Waals surface area contributed by atoms with Crippen molar-refractivity contribution in [3.8, 4) is 0 Å². The molecule has 5 atom stereocenters. The fraction of sp³-hybridized carbons (Fsp3) is 0.538. The maximum atomic E-state index is 10.8. The minimum atomic E-state index is -1.61. The summed E-state index contributed by atoms with van der Waals surface area (Å²) in [6.45, 7) is -0.605. The molecule has 0 saturated carbocycles. The first-order valence-electron chi connectivity index (χ1n) is 6.69. The van der Waals surface area contributed by atoms with Crippen LogP contribution in [0.15, 0.2) is 24.3 Å². The second-order valence-electron chi connectivity index (χ2n) is 5.23. The predicted molar refractivity (Wildman–Crippen MR) is 73.5 cm³/mol. The molecule has 0 radical (unpaired) electrons. The SMILES string of the molecule is O=[N+]([O-])c1cccc(CN2C(O)[C@H](O)[C@@H](O)[C@H](O)[C@H]2CO)c1. The van der Waals surface area contributed by atoms with Gasteiger partial charge in [-0.3, -0.25) is 15.0 Å². The van der Waals surface area contributed by atoms with Gasteiger partial charge in [0.15, 0.2) is 0 Å². The first kappa shape index (κ1) is 16.7. The lowest BCUT2D eigenvalue weighted by Gasteiger charge is -2.46. The van der Waals surface area contributed by atoms with Crippen molar-refractivity contribution in [2.75, 3.05) is 6.61 Å². The minimum Gasteiger partial charge on any atom is -0.395 e. The van der Waals surface area contributed by atoms with Gasteiger partial charge in [0.25, 0.3) is 5.69 Å². The molecule has 122 valence electrons. The molecular formula is C13H18N2O7. The highest BCUT2D eigenvalue weighted by molar-refractivity contribution is 5.34. The van der Waals surface area contributed by atoms with Crippen molar-refractivity contribution >= 4 is 5.69 Å². The number of rotatable bonds is 4. The highest BCUT2D eigenvalue weighted by Gasteiger charge is 2.46. The van der Waals surface area contributed by atoms with Crippen LogP contribution in [0.2, 0.25) is 0 Å². The predicted octanol–water partition coefficient (Wildman–Crippen LogP) is -1.83. The molecule has 1 aliphatic rings. The molecular weight excluding hydrogens is 296 g/mol. The van der Waals surface area contributed by atoms with Gasteiger partial charge in [0.05, 0.1) is 17.6 Å². The summed E-state index contributed by atoms with van der Waals surface area (Å²) in [5.74, 6) is 0. The second-order valence-corrected chi connectivity index (χ2v) is 5.23. The number of likely N-dealkylation sites (tertiary alicyclic amines) is 1. The zero-order valence-corrected chi connectivity index (χ0v) is 11.6. The molecule has 5 N–H and O–H groups in total. The molecule has 1 unspecified atom stereocenters. The van der Waals surface area contributed by atoms with E-state index >= 15 is 0 Å². The third-order valence-corrected chi connectivity index (χ3v) is 3.84. The minimum absolute atomic E-state index is 0.0467. The summed E-state index contributed by atoms with van der Waals surface area (Å²) < 4.78 is 0. The summed E-state index contributed by atoms with van der Waals surface area (Å²) in [6, 6.07) is 4.66. The molecule has 1 aromatic rings. The summed E-state index contributed by atoms with van der Waals surface area (Å²) in [7, 11) is 0. The number of nitro groups is 1. The Hall–Kier alpha value is -1.62. The van der Waals surface area contributed by atoms with E-state index in [-0.39, 0.29) is 12.2 Å². The quantitative estimate of drug-likeness (QED) is 0.322. The summed E-state index contributed by atoms with van der Waals surface area (Å²) in [5.41, 5.74) is 0.327. The van der Waals surface area contributed by atoms with Gasteiger partial charge in [-0.1, -0.05) is 12.1 Å². The number of hydrogen-bond donors (Lipinski definition) is 5. The number of aliphatic hydroxyl groups excluding tert-OH is 5. The van der Waals surface area contributed by atoms with Crippen LogP contribution in [0.5, 0.6) is 0 Å². The molecule has 2 rings (SSSR count). The Morgan fingerprint density at radius 3 is 2.41 bits per heavy atom. The first-order chi connectivity index (χ1) is 10.4. The van der Waals surface area contributed by atoms with Crippen molar-refractivity contribution in [2.45, 2.75) is 37.1 Å². The third-order valence-electron chi connectivity index (χ3n) is 3.84. The van der Waals surface area contributed by atoms with Crippen LogP contribution < -0.4 is 0 Å². The topological polar surface area (TPSA) is 148 Å². The van der Waals surface area contributed by atoms with E-state index in [0.29, 0.717) is 5.56 Å². The van der Waals surface area contributed by atoms with Gasteiger partial charge < -0.3 is 25.5 Å². The van der Waals surface area contributed by atoms with Gasteiger partial charge in [0, 0.05) is 18.7 Å². The number of benzene rings is 1. The van der Waals surface area contributed by atoms with Gasteiger partial charge in [0.2, 0.25) is 0 Å². The number of aliphatic hydroxyl groups is 5. The first-order valence-corrected chi connectivity index (χ1v) is 6.69. The Morgan fingerprint density at radius 1 is 1.14 bits per heavy atom. The highest BCUT2D eigenvalue weighted by atomic mass is 16.6. The van der Waals surface area contributed by atoms with Crippen LogP contribution in [0.25, 0.3) is 0 Å². The molecule has 1 aromatic carbocycles. The van der Waals surface area contributed by atoms with Gasteiger partial charge >= 0.3 is 0 Å². The summed E-state index contributed by atoms with van der Waals surface area (Å²) in [5, 5.41) is 59.4. The van der Waals surface area contributed by atoms with Crippen LogP contribution >= 0.6 is 0 Å². The van der Waals surface area contributed by atoms with Crippen molar-refractivity contribution in [1.82, 2.24) is 4.90 Å². The van der Waals surface area contributed by atoms with E-state index in [1.165, 1.54) is 23.1 Å². The lowest BCUT2D eigenvalue weighted by molar-refractivity contribution is -0.384. The maximum absolute atomic E-state index is 10.8. The molecule has 9 heteroatoms. The monoisotopic (exact) mass is 314 g/mol. The Bertz CT molecular complexity index is 541. The molecule has 0 bridgehead atoms. The molecule has 1 saturated heterocycles. The summed E-state index contributed by atoms with van der Waals surface area (Å²) in [6.07, 6.45) is -6.18. The van der Waals surface area contributed by atoms with Crippen molar-refractivity contribution < 1.29 is 30.5 Å². The normalized spacial score (nSPS) is 32.9. The van der Waals surface area contributed by atoms with Gasteiger partial charge in [0.1, 0.15) is 24.5 Å². The van der Waals surface area contributed by atoms with Crippen LogP contribution in [-0.4, -0.2) is 72.5 Å². The van der Waals surface area contributed by atoms with Crippen LogP contribution in [0.3, 0.4) is 0 Å². The molecule has 1 heterocycles. The molecule has 0 aliphatic carbocycles. The Morgan fingerprint density at radius 2 is 1.82 bits per heavy atom. The van der Waals surface area contributed by atoms with E-state index < -0.39 is 42.1 Å². The number of nitrogens with zero attached hydrogens (tertiary/aromatic N) is 2. The number of non-ortho nitro benzene ring substituents is 1. The number of piperidine rings is 1. The average molecular weight is 314 g/mol. The number of hydrogen-bond acceptors (Lipinski definition) is 8. The van der Waals surface area contributed by atoms with Crippen molar-refractivity contribution in [3.63, 3.8) is 0 Å². The molecule has 1 fully saturated rings. The third kappa shape index (κ3) is 3.09. The zero-order chi connectivity index (χ0) is 16.4. The van der Waals surface area contributed by atoms with E-state index in [2.05, 4.69) is 0 Å². The van der Waals surface area contributed by atoms with Gasteiger partial charge in [-0.15, -0.1) is 0 Å². The van der Waals surface area contributed by atoms with Crippen molar-refractivity contribution in [1.29, 1.82) is 0 Å². The van der Waals surface area contributed by atoms with Gasteiger partial charge in [-0.2, -0.15) is 0 Å². The van der Waals surface area contributed by atoms with E-state index in [4.69, 9.17) is 0 Å². The second kappa shape index (κ2) is 6.65. The van der Waals surface area contributed by atoms with Crippen LogP contribution in [-0.2, 0) is 6.54 Å². The van der Waals surface area contributed by atoms with Crippen molar-refractivity contribution in [3.05, 3.63) is 39.9 Å². The molecule has 0 aromatic heterocycles. The smallest absolute Gasteiger partial charge is 0.269 e. The van der Waals surface area contributed by atoms with Crippen LogP contribution in [0.1, 0.15) is 5.56 Å². The zero-order valence-electron chi connectivity index (χ0n) is 11.6. The molecule has 1 aliphatic heterocycles. The van der Waals surface area contributed by atoms with Crippen molar-refractivity contribution in [2.24, 2.45) is 0 Å². The standard InChI is InChI=1S/C13H18N2O7/c16-6-9-10(17)11(18)12(19)13(20)14(9)5-7-2-1-3-8(4-7)15(21)22/h1-4,9-13,16-20H,5-6H2/t9-,10-,11+,12-,13?/m1/s1. The molecule has 0 spiro atoms. The van der Waals surface area contributed by atoms with E-state index in [0.717, 1.165) is 0 Å². The number of nitro benzene ring substituents is 1. The average Bonchev–Trinajstić information content (AvgIpc) is 2.51. The molecule has 9 nitrogen and oxygen atoms in total. The molecule has 0 amide bonds. The van der Waals surface area contributed by atoms with E-state index in [1.54, 1.807) is 6.07 Å². The molecule has 22 heavy (non-hydrogen) atoms. The Labute approximate surface area is 125 Å². The highest BCUT2D eigenvalue weighted by Crippen LogP contribution is 2.26. The Kier molecular flexibility index (Phi) is 5.06. The van der Waals surface area contributed by atoms with Gasteiger partial charge in [-0.05, 0) is 5.56 Å².